The molecule has 1 aliphatic rings. The van der Waals surface area contributed by atoms with Gasteiger partial charge in [-0.25, -0.2) is 9.64 Å². The Bertz CT molecular complexity index is 563. The van der Waals surface area contributed by atoms with E-state index in [1.807, 2.05) is 27.7 Å². The summed E-state index contributed by atoms with van der Waals surface area (Å²) < 4.78 is 5.32. The van der Waals surface area contributed by atoms with Crippen LogP contribution in [-0.2, 0) is 4.74 Å². The second kappa shape index (κ2) is 5.12. The van der Waals surface area contributed by atoms with E-state index < -0.39 is 5.60 Å². The van der Waals surface area contributed by atoms with Gasteiger partial charge in [-0.15, -0.1) is 0 Å². The van der Waals surface area contributed by atoms with Gasteiger partial charge in [0.1, 0.15) is 5.60 Å². The Kier molecular flexibility index (Phi) is 3.67. The van der Waals surface area contributed by atoms with E-state index in [2.05, 4.69) is 9.83 Å². The first-order valence-electron chi connectivity index (χ1n) is 6.61. The highest BCUT2D eigenvalue weighted by atomic mass is 16.6. The fourth-order valence-corrected chi connectivity index (χ4v) is 2.20. The molecule has 5 heteroatoms. The summed E-state index contributed by atoms with van der Waals surface area (Å²) in [5.74, 6) is 0.247. The molecule has 20 heavy (non-hydrogen) atoms. The van der Waals surface area contributed by atoms with E-state index in [4.69, 9.17) is 11.3 Å². The molecule has 0 aromatic carbocycles. The van der Waals surface area contributed by atoms with Crippen LogP contribution in [0.5, 0.6) is 0 Å². The van der Waals surface area contributed by atoms with E-state index in [9.17, 15) is 4.79 Å². The molecule has 1 saturated heterocycles. The maximum absolute atomic E-state index is 11.9. The van der Waals surface area contributed by atoms with Gasteiger partial charge in [-0.05, 0) is 38.8 Å². The topological polar surface area (TPSA) is 46.8 Å². The van der Waals surface area contributed by atoms with Crippen molar-refractivity contribution in [1.29, 1.82) is 0 Å². The summed E-state index contributed by atoms with van der Waals surface area (Å²) in [5, 5.41) is 0. The van der Waals surface area contributed by atoms with Gasteiger partial charge in [0.15, 0.2) is 0 Å². The van der Waals surface area contributed by atoms with Gasteiger partial charge in [-0.1, -0.05) is 0 Å². The largest absolute Gasteiger partial charge is 0.444 e. The molecule has 1 aliphatic heterocycles. The predicted molar refractivity (Wildman–Crippen MR) is 75.8 cm³/mol. The van der Waals surface area contributed by atoms with Crippen LogP contribution >= 0.6 is 0 Å². The lowest BCUT2D eigenvalue weighted by molar-refractivity contribution is 0.00812. The van der Waals surface area contributed by atoms with Gasteiger partial charge in [0, 0.05) is 31.4 Å². The SMILES string of the molecule is [C-]#[N+]c1cncc(C2CN(C(=O)OC(C)(C)C)C2)c1C. The Morgan fingerprint density at radius 2 is 2.10 bits per heavy atom. The van der Waals surface area contributed by atoms with Crippen LogP contribution in [0.1, 0.15) is 37.8 Å². The number of pyridine rings is 1. The molecule has 0 atom stereocenters. The Morgan fingerprint density at radius 3 is 2.65 bits per heavy atom. The zero-order valence-electron chi connectivity index (χ0n) is 12.3. The molecule has 0 N–H and O–H groups in total. The van der Waals surface area contributed by atoms with Crippen molar-refractivity contribution in [3.05, 3.63) is 34.9 Å². The zero-order valence-corrected chi connectivity index (χ0v) is 12.3. The van der Waals surface area contributed by atoms with Gasteiger partial charge < -0.3 is 9.64 Å². The maximum atomic E-state index is 11.9. The molecular weight excluding hydrogens is 254 g/mol. The molecule has 0 radical (unpaired) electrons. The molecule has 2 rings (SSSR count). The quantitative estimate of drug-likeness (QED) is 0.738. The molecule has 1 amide bonds. The van der Waals surface area contributed by atoms with E-state index in [1.165, 1.54) is 0 Å². The van der Waals surface area contributed by atoms with E-state index in [0.29, 0.717) is 18.8 Å². The fourth-order valence-electron chi connectivity index (χ4n) is 2.20. The van der Waals surface area contributed by atoms with Crippen LogP contribution in [0.25, 0.3) is 4.85 Å². The van der Waals surface area contributed by atoms with E-state index in [-0.39, 0.29) is 12.0 Å². The van der Waals surface area contributed by atoms with Crippen LogP contribution in [0.2, 0.25) is 0 Å². The summed E-state index contributed by atoms with van der Waals surface area (Å²) in [7, 11) is 0. The smallest absolute Gasteiger partial charge is 0.410 e. The number of nitrogens with zero attached hydrogens (tertiary/aromatic N) is 3. The Labute approximate surface area is 119 Å². The summed E-state index contributed by atoms with van der Waals surface area (Å²) in [5.41, 5.74) is 2.13. The van der Waals surface area contributed by atoms with Crippen LogP contribution < -0.4 is 0 Å². The van der Waals surface area contributed by atoms with Gasteiger partial charge in [0.2, 0.25) is 5.69 Å². The van der Waals surface area contributed by atoms with Crippen molar-refractivity contribution in [2.75, 3.05) is 13.1 Å². The van der Waals surface area contributed by atoms with Crippen LogP contribution in [0.4, 0.5) is 10.5 Å². The first-order valence-corrected chi connectivity index (χ1v) is 6.61. The Hall–Kier alpha value is -2.09. The lowest BCUT2D eigenvalue weighted by atomic mass is 9.89. The highest BCUT2D eigenvalue weighted by Crippen LogP contribution is 2.33. The number of ether oxygens (including phenoxy) is 1. The third-order valence-corrected chi connectivity index (χ3v) is 3.32. The van der Waals surface area contributed by atoms with Gasteiger partial charge in [0.05, 0.1) is 6.57 Å². The molecule has 0 bridgehead atoms. The lowest BCUT2D eigenvalue weighted by Gasteiger charge is -2.40. The normalized spacial score (nSPS) is 15.4. The van der Waals surface area contributed by atoms with E-state index >= 15 is 0 Å². The number of aromatic nitrogens is 1. The van der Waals surface area contributed by atoms with Crippen molar-refractivity contribution in [3.8, 4) is 0 Å². The van der Waals surface area contributed by atoms with Gasteiger partial charge in [-0.2, -0.15) is 0 Å². The number of carbonyl (C=O) groups excluding carboxylic acids is 1. The molecule has 0 saturated carbocycles. The van der Waals surface area contributed by atoms with Crippen molar-refractivity contribution in [3.63, 3.8) is 0 Å². The molecule has 2 heterocycles. The molecule has 1 aromatic heterocycles. The number of amides is 1. The summed E-state index contributed by atoms with van der Waals surface area (Å²) in [6, 6.07) is 0. The van der Waals surface area contributed by atoms with Crippen molar-refractivity contribution < 1.29 is 9.53 Å². The average molecular weight is 273 g/mol. The summed E-state index contributed by atoms with van der Waals surface area (Å²) in [4.78, 5) is 21.1. The van der Waals surface area contributed by atoms with Crippen LogP contribution in [0.3, 0.4) is 0 Å². The average Bonchev–Trinajstić information content (AvgIpc) is 2.27. The lowest BCUT2D eigenvalue weighted by Crippen LogP contribution is -2.50. The Morgan fingerprint density at radius 1 is 1.45 bits per heavy atom. The number of carbonyl (C=O) groups is 1. The standard InChI is InChI=1S/C15H19N3O2/c1-10-12(6-17-7-13(10)16-5)11-8-18(9-11)14(19)20-15(2,3)4/h6-7,11H,8-9H2,1-4H3. The Balaban J connectivity index is 2.01. The molecule has 0 spiro atoms. The van der Waals surface area contributed by atoms with Crippen LogP contribution in [0, 0.1) is 13.5 Å². The van der Waals surface area contributed by atoms with Crippen molar-refractivity contribution >= 4 is 11.8 Å². The van der Waals surface area contributed by atoms with Gasteiger partial charge in [0.25, 0.3) is 0 Å². The minimum atomic E-state index is -0.469. The van der Waals surface area contributed by atoms with Crippen molar-refractivity contribution in [2.24, 2.45) is 0 Å². The molecule has 1 aromatic rings. The van der Waals surface area contributed by atoms with Crippen molar-refractivity contribution in [1.82, 2.24) is 9.88 Å². The molecule has 0 unspecified atom stereocenters. The third kappa shape index (κ3) is 2.90. The van der Waals surface area contributed by atoms with Gasteiger partial charge >= 0.3 is 6.09 Å². The monoisotopic (exact) mass is 273 g/mol. The minimum Gasteiger partial charge on any atom is -0.444 e. The molecule has 5 nitrogen and oxygen atoms in total. The minimum absolute atomic E-state index is 0.247. The summed E-state index contributed by atoms with van der Waals surface area (Å²) in [6.07, 6.45) is 3.10. The fraction of sp³-hybridized carbons (Fsp3) is 0.533. The molecule has 0 aliphatic carbocycles. The van der Waals surface area contributed by atoms with Gasteiger partial charge in [-0.3, -0.25) is 4.98 Å². The number of hydrogen-bond donors (Lipinski definition) is 0. The van der Waals surface area contributed by atoms with Crippen LogP contribution in [0.15, 0.2) is 12.4 Å². The van der Waals surface area contributed by atoms with E-state index in [1.54, 1.807) is 17.3 Å². The molecule has 106 valence electrons. The second-order valence-electron chi connectivity index (χ2n) is 6.07. The molecular formula is C15H19N3O2. The number of hydrogen-bond acceptors (Lipinski definition) is 3. The van der Waals surface area contributed by atoms with E-state index in [0.717, 1.165) is 11.1 Å². The highest BCUT2D eigenvalue weighted by Gasteiger charge is 2.35. The first-order chi connectivity index (χ1) is 9.31. The maximum Gasteiger partial charge on any atom is 0.410 e. The molecule has 1 fully saturated rings. The van der Waals surface area contributed by atoms with Crippen molar-refractivity contribution in [2.45, 2.75) is 39.2 Å². The summed E-state index contributed by atoms with van der Waals surface area (Å²) in [6.45, 7) is 15.9. The first kappa shape index (κ1) is 14.3. The second-order valence-corrected chi connectivity index (χ2v) is 6.07. The number of likely N-dealkylation sites (tertiary alicyclic amines) is 1. The van der Waals surface area contributed by atoms with Crippen LogP contribution in [-0.4, -0.2) is 34.7 Å². The third-order valence-electron chi connectivity index (χ3n) is 3.32. The number of rotatable bonds is 1. The predicted octanol–water partition coefficient (Wildman–Crippen LogP) is 3.28. The summed E-state index contributed by atoms with van der Waals surface area (Å²) >= 11 is 0. The zero-order chi connectivity index (χ0) is 14.9. The highest BCUT2D eigenvalue weighted by molar-refractivity contribution is 5.70.